The average molecular weight is 218 g/mol. The molecule has 0 fully saturated rings. The Labute approximate surface area is 96.6 Å². The smallest absolute Gasteiger partial charge is 0.242 e. The molecule has 0 aliphatic rings. The molecule has 2 N–H and O–H groups in total. The molecule has 16 heavy (non-hydrogen) atoms. The summed E-state index contributed by atoms with van der Waals surface area (Å²) in [7, 11) is 0. The van der Waals surface area contributed by atoms with Crippen LogP contribution < -0.4 is 10.6 Å². The van der Waals surface area contributed by atoms with Crippen LogP contribution in [0.1, 0.15) is 12.5 Å². The Kier molecular flexibility index (Phi) is 4.58. The molecule has 0 spiro atoms. The van der Waals surface area contributed by atoms with Crippen molar-refractivity contribution in [2.24, 2.45) is 0 Å². The summed E-state index contributed by atoms with van der Waals surface area (Å²) in [6.07, 6.45) is 1.66. The number of nitrogens with one attached hydrogen (secondary N) is 2. The van der Waals surface area contributed by atoms with Gasteiger partial charge in [0.1, 0.15) is 6.04 Å². The number of aryl methyl sites for hydroxylation is 1. The molecule has 1 aromatic carbocycles. The molecule has 3 nitrogen and oxygen atoms in total. The van der Waals surface area contributed by atoms with Gasteiger partial charge < -0.3 is 10.6 Å². The molecular formula is C13H18N2O. The number of benzene rings is 1. The highest BCUT2D eigenvalue weighted by Gasteiger charge is 2.10. The van der Waals surface area contributed by atoms with E-state index in [1.54, 1.807) is 6.08 Å². The summed E-state index contributed by atoms with van der Waals surface area (Å²) in [5, 5.41) is 5.88. The fourth-order valence-electron chi connectivity index (χ4n) is 1.29. The van der Waals surface area contributed by atoms with E-state index in [4.69, 9.17) is 0 Å². The Balaban J connectivity index is 2.50. The Morgan fingerprint density at radius 1 is 1.44 bits per heavy atom. The minimum Gasteiger partial charge on any atom is -0.374 e. The van der Waals surface area contributed by atoms with Gasteiger partial charge in [0, 0.05) is 12.2 Å². The van der Waals surface area contributed by atoms with E-state index >= 15 is 0 Å². The third kappa shape index (κ3) is 3.77. The fourth-order valence-corrected chi connectivity index (χ4v) is 1.29. The molecule has 1 rings (SSSR count). The quantitative estimate of drug-likeness (QED) is 0.743. The van der Waals surface area contributed by atoms with Crippen molar-refractivity contribution in [2.45, 2.75) is 19.9 Å². The third-order valence-electron chi connectivity index (χ3n) is 2.25. The number of hydrogen-bond donors (Lipinski definition) is 2. The van der Waals surface area contributed by atoms with Crippen LogP contribution in [0, 0.1) is 6.92 Å². The summed E-state index contributed by atoms with van der Waals surface area (Å²) in [5.41, 5.74) is 2.15. The van der Waals surface area contributed by atoms with Gasteiger partial charge in [-0.2, -0.15) is 0 Å². The van der Waals surface area contributed by atoms with Gasteiger partial charge in [-0.25, -0.2) is 0 Å². The molecule has 0 aliphatic carbocycles. The lowest BCUT2D eigenvalue weighted by molar-refractivity contribution is -0.121. The first-order valence-corrected chi connectivity index (χ1v) is 5.35. The topological polar surface area (TPSA) is 41.1 Å². The molecular weight excluding hydrogens is 200 g/mol. The van der Waals surface area contributed by atoms with E-state index in [2.05, 4.69) is 17.2 Å². The normalized spacial score (nSPS) is 11.6. The molecule has 0 aliphatic heterocycles. The van der Waals surface area contributed by atoms with Crippen LogP contribution in [-0.2, 0) is 4.79 Å². The van der Waals surface area contributed by atoms with E-state index in [1.165, 1.54) is 5.56 Å². The van der Waals surface area contributed by atoms with Gasteiger partial charge in [0.25, 0.3) is 0 Å². The Hall–Kier alpha value is -1.77. The van der Waals surface area contributed by atoms with Crippen molar-refractivity contribution in [3.8, 4) is 0 Å². The van der Waals surface area contributed by atoms with E-state index < -0.39 is 0 Å². The molecule has 0 unspecified atom stereocenters. The van der Waals surface area contributed by atoms with Crippen molar-refractivity contribution < 1.29 is 4.79 Å². The predicted octanol–water partition coefficient (Wildman–Crippen LogP) is 2.10. The Morgan fingerprint density at radius 2 is 2.06 bits per heavy atom. The van der Waals surface area contributed by atoms with Gasteiger partial charge in [0.15, 0.2) is 0 Å². The Bertz CT molecular complexity index is 357. The molecule has 1 aromatic rings. The van der Waals surface area contributed by atoms with Crippen molar-refractivity contribution >= 4 is 11.6 Å². The van der Waals surface area contributed by atoms with E-state index in [0.717, 1.165) is 5.69 Å². The first-order chi connectivity index (χ1) is 7.63. The van der Waals surface area contributed by atoms with E-state index in [1.807, 2.05) is 38.1 Å². The van der Waals surface area contributed by atoms with Crippen LogP contribution in [0.15, 0.2) is 36.9 Å². The molecule has 0 saturated carbocycles. The predicted molar refractivity (Wildman–Crippen MR) is 67.5 cm³/mol. The maximum Gasteiger partial charge on any atom is 0.242 e. The second-order valence-electron chi connectivity index (χ2n) is 3.77. The molecule has 0 aromatic heterocycles. The van der Waals surface area contributed by atoms with Crippen LogP contribution in [0.3, 0.4) is 0 Å². The monoisotopic (exact) mass is 218 g/mol. The summed E-state index contributed by atoms with van der Waals surface area (Å²) in [6, 6.07) is 7.70. The minimum atomic E-state index is -0.248. The second kappa shape index (κ2) is 5.95. The highest BCUT2D eigenvalue weighted by molar-refractivity contribution is 5.84. The van der Waals surface area contributed by atoms with Crippen LogP contribution >= 0.6 is 0 Å². The van der Waals surface area contributed by atoms with Crippen molar-refractivity contribution in [3.63, 3.8) is 0 Å². The molecule has 3 heteroatoms. The lowest BCUT2D eigenvalue weighted by Gasteiger charge is -2.14. The van der Waals surface area contributed by atoms with Crippen LogP contribution in [0.2, 0.25) is 0 Å². The third-order valence-corrected chi connectivity index (χ3v) is 2.25. The zero-order valence-corrected chi connectivity index (χ0v) is 9.79. The first-order valence-electron chi connectivity index (χ1n) is 5.35. The minimum absolute atomic E-state index is 0.0273. The summed E-state index contributed by atoms with van der Waals surface area (Å²) < 4.78 is 0. The largest absolute Gasteiger partial charge is 0.374 e. The number of carbonyl (C=O) groups is 1. The maximum absolute atomic E-state index is 11.6. The van der Waals surface area contributed by atoms with Crippen LogP contribution in [0.4, 0.5) is 5.69 Å². The zero-order valence-electron chi connectivity index (χ0n) is 9.79. The lowest BCUT2D eigenvalue weighted by Crippen LogP contribution is -2.37. The van der Waals surface area contributed by atoms with E-state index in [-0.39, 0.29) is 11.9 Å². The van der Waals surface area contributed by atoms with Gasteiger partial charge in [0.05, 0.1) is 0 Å². The highest BCUT2D eigenvalue weighted by Crippen LogP contribution is 2.09. The van der Waals surface area contributed by atoms with Crippen LogP contribution in [0.5, 0.6) is 0 Å². The zero-order chi connectivity index (χ0) is 12.0. The summed E-state index contributed by atoms with van der Waals surface area (Å²) >= 11 is 0. The summed E-state index contributed by atoms with van der Waals surface area (Å²) in [4.78, 5) is 11.6. The van der Waals surface area contributed by atoms with Gasteiger partial charge in [0.2, 0.25) is 5.91 Å². The SMILES string of the molecule is C=CCNC(=O)[C@H](C)Nc1ccc(C)cc1. The number of anilines is 1. The standard InChI is InChI=1S/C13H18N2O/c1-4-9-14-13(16)11(3)15-12-7-5-10(2)6-8-12/h4-8,11,15H,1,9H2,2-3H3,(H,14,16)/t11-/m0/s1. The molecule has 0 heterocycles. The van der Waals surface area contributed by atoms with Crippen molar-refractivity contribution in [1.29, 1.82) is 0 Å². The van der Waals surface area contributed by atoms with Gasteiger partial charge in [-0.1, -0.05) is 23.8 Å². The van der Waals surface area contributed by atoms with Crippen LogP contribution in [0.25, 0.3) is 0 Å². The number of carbonyl (C=O) groups excluding carboxylic acids is 1. The number of hydrogen-bond acceptors (Lipinski definition) is 2. The average Bonchev–Trinajstić information content (AvgIpc) is 2.29. The van der Waals surface area contributed by atoms with Gasteiger partial charge in [-0.05, 0) is 26.0 Å². The van der Waals surface area contributed by atoms with Crippen LogP contribution in [-0.4, -0.2) is 18.5 Å². The van der Waals surface area contributed by atoms with Crippen molar-refractivity contribution in [2.75, 3.05) is 11.9 Å². The van der Waals surface area contributed by atoms with E-state index in [9.17, 15) is 4.79 Å². The summed E-state index contributed by atoms with van der Waals surface area (Å²) in [6.45, 7) is 7.91. The molecule has 0 radical (unpaired) electrons. The fraction of sp³-hybridized carbons (Fsp3) is 0.308. The molecule has 0 bridgehead atoms. The van der Waals surface area contributed by atoms with Crippen molar-refractivity contribution in [3.05, 3.63) is 42.5 Å². The van der Waals surface area contributed by atoms with Crippen molar-refractivity contribution in [1.82, 2.24) is 5.32 Å². The Morgan fingerprint density at radius 3 is 2.62 bits per heavy atom. The molecule has 86 valence electrons. The van der Waals surface area contributed by atoms with Gasteiger partial charge in [-0.15, -0.1) is 6.58 Å². The van der Waals surface area contributed by atoms with Gasteiger partial charge in [-0.3, -0.25) is 4.79 Å². The number of rotatable bonds is 5. The number of amides is 1. The molecule has 1 amide bonds. The second-order valence-corrected chi connectivity index (χ2v) is 3.77. The first kappa shape index (κ1) is 12.3. The highest BCUT2D eigenvalue weighted by atomic mass is 16.2. The van der Waals surface area contributed by atoms with E-state index in [0.29, 0.717) is 6.54 Å². The molecule has 1 atom stereocenters. The molecule has 0 saturated heterocycles. The lowest BCUT2D eigenvalue weighted by atomic mass is 10.2. The maximum atomic E-state index is 11.6. The van der Waals surface area contributed by atoms with Gasteiger partial charge >= 0.3 is 0 Å². The summed E-state index contributed by atoms with van der Waals surface area (Å²) in [5.74, 6) is -0.0273.